The van der Waals surface area contributed by atoms with Crippen LogP contribution in [0, 0.1) is 0 Å². The predicted molar refractivity (Wildman–Crippen MR) is 83.5 cm³/mol. The Kier molecular flexibility index (Phi) is 5.82. The number of amides is 2. The molecule has 1 saturated heterocycles. The van der Waals surface area contributed by atoms with Gasteiger partial charge >= 0.3 is 6.18 Å². The fourth-order valence-corrected chi connectivity index (χ4v) is 2.69. The number of alkyl halides is 3. The molecule has 1 aliphatic heterocycles. The molecule has 1 heterocycles. The van der Waals surface area contributed by atoms with Gasteiger partial charge in [0.2, 0.25) is 11.8 Å². The van der Waals surface area contributed by atoms with Crippen LogP contribution >= 0.6 is 0 Å². The highest BCUT2D eigenvalue weighted by Gasteiger charge is 2.35. The highest BCUT2D eigenvalue weighted by molar-refractivity contribution is 5.94. The van der Waals surface area contributed by atoms with E-state index >= 15 is 0 Å². The van der Waals surface area contributed by atoms with Crippen molar-refractivity contribution in [2.24, 2.45) is 0 Å². The zero-order valence-corrected chi connectivity index (χ0v) is 13.3. The number of hydrogen-bond donors (Lipinski definition) is 1. The number of halogens is 3. The molecule has 1 aliphatic rings. The van der Waals surface area contributed by atoms with E-state index in [1.165, 1.54) is 4.90 Å². The molecular weight excluding hydrogens is 323 g/mol. The zero-order valence-electron chi connectivity index (χ0n) is 13.3. The van der Waals surface area contributed by atoms with Gasteiger partial charge in [-0.2, -0.15) is 13.2 Å². The highest BCUT2D eigenvalue weighted by atomic mass is 19.4. The molecule has 132 valence electrons. The summed E-state index contributed by atoms with van der Waals surface area (Å²) in [7, 11) is 1.63. The summed E-state index contributed by atoms with van der Waals surface area (Å²) in [5.74, 6) is -0.892. The number of nitrogens with zero attached hydrogens (tertiary/aromatic N) is 2. The zero-order chi connectivity index (χ0) is 17.7. The molecule has 0 saturated carbocycles. The number of rotatable bonds is 5. The van der Waals surface area contributed by atoms with Gasteiger partial charge in [0.05, 0.1) is 12.6 Å². The van der Waals surface area contributed by atoms with E-state index in [9.17, 15) is 22.8 Å². The van der Waals surface area contributed by atoms with E-state index in [2.05, 4.69) is 0 Å². The van der Waals surface area contributed by atoms with E-state index < -0.39 is 24.7 Å². The molecule has 2 amide bonds. The maximum absolute atomic E-state index is 12.4. The first-order chi connectivity index (χ1) is 11.3. The van der Waals surface area contributed by atoms with Crippen LogP contribution in [-0.4, -0.2) is 55.6 Å². The first kappa shape index (κ1) is 18.3. The molecule has 0 aliphatic carbocycles. The van der Waals surface area contributed by atoms with E-state index in [1.807, 2.05) is 23.5 Å². The van der Waals surface area contributed by atoms with Crippen molar-refractivity contribution in [2.75, 3.05) is 31.6 Å². The third-order valence-electron chi connectivity index (χ3n) is 3.99. The lowest BCUT2D eigenvalue weighted by atomic mass is 10.2. The molecule has 0 bridgehead atoms. The van der Waals surface area contributed by atoms with Crippen molar-refractivity contribution < 1.29 is 22.8 Å². The third kappa shape index (κ3) is 4.95. The molecule has 1 fully saturated rings. The van der Waals surface area contributed by atoms with Gasteiger partial charge in [-0.15, -0.1) is 0 Å². The van der Waals surface area contributed by atoms with Crippen LogP contribution in [0.2, 0.25) is 0 Å². The number of nitrogens with one attached hydrogen (secondary N) is 1. The molecule has 1 aromatic rings. The summed E-state index contributed by atoms with van der Waals surface area (Å²) in [6, 6.07) is 8.33. The van der Waals surface area contributed by atoms with E-state index in [1.54, 1.807) is 24.1 Å². The first-order valence-corrected chi connectivity index (χ1v) is 7.68. The molecule has 8 heteroatoms. The Bertz CT molecular complexity index is 578. The Balaban J connectivity index is 1.93. The predicted octanol–water partition coefficient (Wildman–Crippen LogP) is 1.79. The number of anilines is 1. The maximum atomic E-state index is 12.4. The lowest BCUT2D eigenvalue weighted by Gasteiger charge is -2.26. The van der Waals surface area contributed by atoms with Gasteiger partial charge in [-0.25, -0.2) is 0 Å². The summed E-state index contributed by atoms with van der Waals surface area (Å²) in [6.45, 7) is -0.845. The summed E-state index contributed by atoms with van der Waals surface area (Å²) < 4.78 is 36.6. The van der Waals surface area contributed by atoms with Crippen molar-refractivity contribution in [3.05, 3.63) is 30.3 Å². The quantitative estimate of drug-likeness (QED) is 0.887. The van der Waals surface area contributed by atoms with Crippen molar-refractivity contribution in [3.63, 3.8) is 0 Å². The van der Waals surface area contributed by atoms with Gasteiger partial charge in [0.1, 0.15) is 6.54 Å². The number of para-hydroxylation sites is 1. The Hall–Kier alpha value is -2.09. The van der Waals surface area contributed by atoms with Gasteiger partial charge in [-0.1, -0.05) is 18.2 Å². The number of likely N-dealkylation sites (N-methyl/N-ethyl adjacent to an activating group) is 1. The second-order valence-corrected chi connectivity index (χ2v) is 5.75. The van der Waals surface area contributed by atoms with Gasteiger partial charge in [0.15, 0.2) is 0 Å². The molecule has 24 heavy (non-hydrogen) atoms. The number of likely N-dealkylation sites (tertiary alicyclic amines) is 1. The summed E-state index contributed by atoms with van der Waals surface area (Å²) in [5.41, 5.74) is 0.722. The topological polar surface area (TPSA) is 52.7 Å². The minimum Gasteiger partial charge on any atom is -0.346 e. The Morgan fingerprint density at radius 3 is 2.58 bits per heavy atom. The van der Waals surface area contributed by atoms with Gasteiger partial charge in [-0.3, -0.25) is 14.5 Å². The Morgan fingerprint density at radius 1 is 1.29 bits per heavy atom. The van der Waals surface area contributed by atoms with E-state index in [0.29, 0.717) is 19.4 Å². The molecule has 1 atom stereocenters. The number of carbonyl (C=O) groups excluding carboxylic acids is 2. The van der Waals surface area contributed by atoms with Gasteiger partial charge in [0.25, 0.3) is 0 Å². The van der Waals surface area contributed by atoms with Gasteiger partial charge in [0, 0.05) is 12.7 Å². The van der Waals surface area contributed by atoms with Crippen LogP contribution in [0.1, 0.15) is 12.8 Å². The summed E-state index contributed by atoms with van der Waals surface area (Å²) in [6.07, 6.45) is -3.32. The summed E-state index contributed by atoms with van der Waals surface area (Å²) in [5, 5.41) is 1.90. The first-order valence-electron chi connectivity index (χ1n) is 7.68. The smallest absolute Gasteiger partial charge is 0.346 e. The molecule has 0 aromatic heterocycles. The van der Waals surface area contributed by atoms with Crippen molar-refractivity contribution in [1.82, 2.24) is 10.2 Å². The lowest BCUT2D eigenvalue weighted by Crippen LogP contribution is -2.49. The van der Waals surface area contributed by atoms with Gasteiger partial charge < -0.3 is 10.2 Å². The van der Waals surface area contributed by atoms with Crippen LogP contribution in [0.15, 0.2) is 30.3 Å². The van der Waals surface area contributed by atoms with Crippen LogP contribution in [0.5, 0.6) is 0 Å². The van der Waals surface area contributed by atoms with Crippen molar-refractivity contribution >= 4 is 17.5 Å². The summed E-state index contributed by atoms with van der Waals surface area (Å²) in [4.78, 5) is 27.4. The molecule has 0 radical (unpaired) electrons. The van der Waals surface area contributed by atoms with Crippen LogP contribution in [-0.2, 0) is 9.59 Å². The Morgan fingerprint density at radius 2 is 1.96 bits per heavy atom. The van der Waals surface area contributed by atoms with Gasteiger partial charge in [-0.05, 0) is 31.5 Å². The molecule has 2 rings (SSSR count). The van der Waals surface area contributed by atoms with Crippen LogP contribution in [0.3, 0.4) is 0 Å². The monoisotopic (exact) mass is 343 g/mol. The number of hydrogen-bond acceptors (Lipinski definition) is 3. The van der Waals surface area contributed by atoms with Crippen molar-refractivity contribution in [1.29, 1.82) is 0 Å². The molecule has 1 N–H and O–H groups in total. The fraction of sp³-hybridized carbons (Fsp3) is 0.500. The minimum atomic E-state index is -4.44. The molecular formula is C16H20F3N3O2. The van der Waals surface area contributed by atoms with E-state index in [-0.39, 0.29) is 12.5 Å². The normalized spacial score (nSPS) is 18.4. The molecule has 0 spiro atoms. The van der Waals surface area contributed by atoms with Crippen LogP contribution in [0.25, 0.3) is 0 Å². The maximum Gasteiger partial charge on any atom is 0.405 e. The van der Waals surface area contributed by atoms with E-state index in [0.717, 1.165) is 5.69 Å². The average molecular weight is 343 g/mol. The largest absolute Gasteiger partial charge is 0.405 e. The second-order valence-electron chi connectivity index (χ2n) is 5.75. The average Bonchev–Trinajstić information content (AvgIpc) is 3.00. The molecule has 0 unspecified atom stereocenters. The third-order valence-corrected chi connectivity index (χ3v) is 3.99. The van der Waals surface area contributed by atoms with Crippen molar-refractivity contribution in [2.45, 2.75) is 25.1 Å². The van der Waals surface area contributed by atoms with Crippen molar-refractivity contribution in [3.8, 4) is 0 Å². The van der Waals surface area contributed by atoms with Crippen LogP contribution in [0.4, 0.5) is 18.9 Å². The second kappa shape index (κ2) is 7.65. The Labute approximate surface area is 138 Å². The highest BCUT2D eigenvalue weighted by Crippen LogP contribution is 2.19. The standard InChI is InChI=1S/C16H20F3N3O2/c1-21(12-6-3-2-4-7-12)14(23)10-22-9-5-8-13(22)15(24)20-11-16(17,18)19/h2-4,6-7,13H,5,8-11H2,1H3,(H,20,24)/t13-/m0/s1. The van der Waals surface area contributed by atoms with E-state index in [4.69, 9.17) is 0 Å². The number of benzene rings is 1. The SMILES string of the molecule is CN(C(=O)CN1CCC[C@H]1C(=O)NCC(F)(F)F)c1ccccc1. The molecule has 1 aromatic carbocycles. The van der Waals surface area contributed by atoms with Crippen LogP contribution < -0.4 is 10.2 Å². The summed E-state index contributed by atoms with van der Waals surface area (Å²) >= 11 is 0. The fourth-order valence-electron chi connectivity index (χ4n) is 2.69. The number of carbonyl (C=O) groups is 2. The molecule has 5 nitrogen and oxygen atoms in total. The minimum absolute atomic E-state index is 0.00447. The lowest BCUT2D eigenvalue weighted by molar-refractivity contribution is -0.141.